The summed E-state index contributed by atoms with van der Waals surface area (Å²) in [5, 5.41) is 15.8. The molecular weight excluding hydrogens is 84.0 g/mol. The van der Waals surface area contributed by atoms with Crippen LogP contribution in [-0.4, -0.2) is 29.2 Å². The van der Waals surface area contributed by atoms with Crippen molar-refractivity contribution >= 4 is 6.29 Å². The molecule has 0 amide bonds. The highest BCUT2D eigenvalue weighted by molar-refractivity contribution is 5.56. The molecule has 6 heavy (non-hydrogen) atoms. The maximum Gasteiger partial charge on any atom is 0.231 e. The Hall–Kier alpha value is -0.410. The number of hydrogen-bond donors (Lipinski definition) is 2. The first-order chi connectivity index (χ1) is 2.81. The van der Waals surface area contributed by atoms with Gasteiger partial charge >= 0.3 is 0 Å². The summed E-state index contributed by atoms with van der Waals surface area (Å²) in [5.74, 6) is 0. The van der Waals surface area contributed by atoms with Crippen molar-refractivity contribution in [2.24, 2.45) is 0 Å². The van der Waals surface area contributed by atoms with E-state index in [9.17, 15) is 4.79 Å². The Kier molecular flexibility index (Phi) is 2.62. The van der Waals surface area contributed by atoms with Crippen molar-refractivity contribution in [2.45, 2.75) is 6.10 Å². The lowest BCUT2D eigenvalue weighted by molar-refractivity contribution is 0.141. The quantitative estimate of drug-likeness (QED) is 0.430. The molecule has 3 heteroatoms. The summed E-state index contributed by atoms with van der Waals surface area (Å²) in [6.45, 7) is -0.538. The fourth-order valence-electron chi connectivity index (χ4n) is 0.0373. The van der Waals surface area contributed by atoms with E-state index >= 15 is 0 Å². The number of aliphatic hydroxyl groups is 2. The minimum atomic E-state index is -1.31. The van der Waals surface area contributed by atoms with E-state index in [1.165, 1.54) is 6.29 Å². The van der Waals surface area contributed by atoms with Crippen LogP contribution in [0, 0.1) is 0 Å². The average molecular weight is 89.1 g/mol. The van der Waals surface area contributed by atoms with Gasteiger partial charge in [-0.1, -0.05) is 0 Å². The fraction of sp³-hybridized carbons (Fsp3) is 0.667. The van der Waals surface area contributed by atoms with Gasteiger partial charge in [-0.15, -0.1) is 0 Å². The molecule has 0 aliphatic heterocycles. The third-order valence-corrected chi connectivity index (χ3v) is 0.309. The average Bonchev–Trinajstić information content (AvgIpc) is 1.65. The topological polar surface area (TPSA) is 57.5 Å². The van der Waals surface area contributed by atoms with E-state index in [-0.39, 0.29) is 0 Å². The Morgan fingerprint density at radius 1 is 1.83 bits per heavy atom. The summed E-state index contributed by atoms with van der Waals surface area (Å²) < 4.78 is 0. The highest BCUT2D eigenvalue weighted by Crippen LogP contribution is 1.66. The van der Waals surface area contributed by atoms with Gasteiger partial charge in [0, 0.05) is 0 Å². The summed E-state index contributed by atoms with van der Waals surface area (Å²) in [6, 6.07) is 0. The zero-order chi connectivity index (χ0) is 4.99. The van der Waals surface area contributed by atoms with Crippen LogP contribution in [0.2, 0.25) is 0 Å². The van der Waals surface area contributed by atoms with Crippen molar-refractivity contribution in [1.29, 1.82) is 0 Å². The summed E-state index contributed by atoms with van der Waals surface area (Å²) in [7, 11) is 0. The minimum Gasteiger partial charge on any atom is -0.393 e. The van der Waals surface area contributed by atoms with E-state index < -0.39 is 12.7 Å². The van der Waals surface area contributed by atoms with E-state index in [4.69, 9.17) is 10.2 Å². The SMILES string of the molecule is O=[C][C@@H](O)CO. The molecule has 0 bridgehead atoms. The van der Waals surface area contributed by atoms with Crippen LogP contribution in [0.5, 0.6) is 0 Å². The van der Waals surface area contributed by atoms with Gasteiger partial charge in [0.25, 0.3) is 0 Å². The molecule has 0 unspecified atom stereocenters. The smallest absolute Gasteiger partial charge is 0.231 e. The summed E-state index contributed by atoms with van der Waals surface area (Å²) in [5.41, 5.74) is 0. The molecule has 0 saturated carbocycles. The molecule has 0 rings (SSSR count). The normalized spacial score (nSPS) is 13.7. The third-order valence-electron chi connectivity index (χ3n) is 0.309. The monoisotopic (exact) mass is 89.0 g/mol. The zero-order valence-corrected chi connectivity index (χ0v) is 3.09. The van der Waals surface area contributed by atoms with Crippen molar-refractivity contribution in [3.63, 3.8) is 0 Å². The molecular formula is C3H5O3. The van der Waals surface area contributed by atoms with Gasteiger partial charge in [-0.3, -0.25) is 4.79 Å². The van der Waals surface area contributed by atoms with E-state index in [1.807, 2.05) is 0 Å². The van der Waals surface area contributed by atoms with Gasteiger partial charge in [-0.05, 0) is 0 Å². The van der Waals surface area contributed by atoms with Crippen molar-refractivity contribution < 1.29 is 15.0 Å². The van der Waals surface area contributed by atoms with Crippen LogP contribution in [0.25, 0.3) is 0 Å². The maximum absolute atomic E-state index is 9.20. The van der Waals surface area contributed by atoms with Gasteiger partial charge in [-0.2, -0.15) is 0 Å². The van der Waals surface area contributed by atoms with Gasteiger partial charge in [0.2, 0.25) is 6.29 Å². The predicted molar refractivity (Wildman–Crippen MR) is 18.8 cm³/mol. The molecule has 0 fully saturated rings. The van der Waals surface area contributed by atoms with Crippen molar-refractivity contribution in [3.8, 4) is 0 Å². The van der Waals surface area contributed by atoms with Gasteiger partial charge in [0.05, 0.1) is 6.61 Å². The molecule has 0 spiro atoms. The molecule has 0 heterocycles. The van der Waals surface area contributed by atoms with Crippen LogP contribution < -0.4 is 0 Å². The first-order valence-electron chi connectivity index (χ1n) is 1.48. The first kappa shape index (κ1) is 5.59. The van der Waals surface area contributed by atoms with Crippen LogP contribution in [0.15, 0.2) is 0 Å². The second kappa shape index (κ2) is 2.81. The first-order valence-corrected chi connectivity index (χ1v) is 1.48. The van der Waals surface area contributed by atoms with Crippen molar-refractivity contribution in [3.05, 3.63) is 0 Å². The Morgan fingerprint density at radius 3 is 2.33 bits per heavy atom. The maximum atomic E-state index is 9.20. The number of aliphatic hydroxyl groups excluding tert-OH is 2. The lowest BCUT2D eigenvalue weighted by Crippen LogP contribution is -2.11. The van der Waals surface area contributed by atoms with Crippen LogP contribution in [0.3, 0.4) is 0 Å². The van der Waals surface area contributed by atoms with Gasteiger partial charge in [-0.25, -0.2) is 0 Å². The number of hydrogen-bond acceptors (Lipinski definition) is 3. The molecule has 0 aliphatic rings. The Bertz CT molecular complexity index is 43.3. The molecule has 0 aromatic rings. The number of carbonyl (C=O) groups excluding carboxylic acids is 1. The molecule has 0 saturated heterocycles. The Balaban J connectivity index is 2.96. The standard InChI is InChI=1S/C3H5O3/c4-1-3(6)2-5/h3-4,6H,1H2/t3-/m0/s1. The van der Waals surface area contributed by atoms with Gasteiger partial charge in [0.15, 0.2) is 0 Å². The third kappa shape index (κ3) is 1.87. The predicted octanol–water partition coefficient (Wildman–Crippen LogP) is -1.55. The summed E-state index contributed by atoms with van der Waals surface area (Å²) in [6.07, 6.45) is -0.145. The Morgan fingerprint density at radius 2 is 2.33 bits per heavy atom. The molecule has 0 aliphatic carbocycles. The zero-order valence-electron chi connectivity index (χ0n) is 3.09. The van der Waals surface area contributed by atoms with Gasteiger partial charge in [0.1, 0.15) is 6.10 Å². The highest BCUT2D eigenvalue weighted by atomic mass is 16.3. The van der Waals surface area contributed by atoms with E-state index in [2.05, 4.69) is 0 Å². The van der Waals surface area contributed by atoms with E-state index in [0.717, 1.165) is 0 Å². The molecule has 35 valence electrons. The van der Waals surface area contributed by atoms with Crippen LogP contribution >= 0.6 is 0 Å². The molecule has 1 atom stereocenters. The molecule has 0 aromatic carbocycles. The fourth-order valence-corrected chi connectivity index (χ4v) is 0.0373. The van der Waals surface area contributed by atoms with Crippen LogP contribution in [-0.2, 0) is 4.79 Å². The van der Waals surface area contributed by atoms with Gasteiger partial charge < -0.3 is 10.2 Å². The lowest BCUT2D eigenvalue weighted by atomic mass is 10.4. The second-order valence-corrected chi connectivity index (χ2v) is 0.816. The van der Waals surface area contributed by atoms with Crippen molar-refractivity contribution in [2.75, 3.05) is 6.61 Å². The second-order valence-electron chi connectivity index (χ2n) is 0.816. The molecule has 2 N–H and O–H groups in total. The molecule has 0 aromatic heterocycles. The minimum absolute atomic E-state index is 0.538. The lowest BCUT2D eigenvalue weighted by Gasteiger charge is -1.87. The van der Waals surface area contributed by atoms with Crippen LogP contribution in [0.1, 0.15) is 0 Å². The Labute approximate surface area is 35.2 Å². The van der Waals surface area contributed by atoms with Crippen LogP contribution in [0.4, 0.5) is 0 Å². The largest absolute Gasteiger partial charge is 0.393 e. The molecule has 1 radical (unpaired) electrons. The van der Waals surface area contributed by atoms with Crippen molar-refractivity contribution in [1.82, 2.24) is 0 Å². The summed E-state index contributed by atoms with van der Waals surface area (Å²) >= 11 is 0. The molecule has 3 nitrogen and oxygen atoms in total. The highest BCUT2D eigenvalue weighted by Gasteiger charge is 1.94. The van der Waals surface area contributed by atoms with E-state index in [0.29, 0.717) is 0 Å². The number of rotatable bonds is 2. The van der Waals surface area contributed by atoms with E-state index in [1.54, 1.807) is 0 Å². The summed E-state index contributed by atoms with van der Waals surface area (Å²) in [4.78, 5) is 9.20.